The van der Waals surface area contributed by atoms with Gasteiger partial charge in [-0.05, 0) is 36.8 Å². The number of rotatable bonds is 2. The molecule has 2 N–H and O–H groups in total. The molecule has 4 nitrogen and oxygen atoms in total. The van der Waals surface area contributed by atoms with Crippen LogP contribution in [-0.4, -0.2) is 14.5 Å². The number of nitrogens with two attached hydrogens (primary N) is 1. The predicted octanol–water partition coefficient (Wildman–Crippen LogP) is 3.48. The van der Waals surface area contributed by atoms with E-state index < -0.39 is 0 Å². The van der Waals surface area contributed by atoms with Gasteiger partial charge in [0.05, 0.1) is 23.9 Å². The van der Waals surface area contributed by atoms with Crippen molar-refractivity contribution in [3.8, 4) is 16.9 Å². The minimum absolute atomic E-state index is 0.480. The van der Waals surface area contributed by atoms with Crippen LogP contribution in [0.3, 0.4) is 0 Å². The molecular weight excluding hydrogens is 272 g/mol. The van der Waals surface area contributed by atoms with Crippen LogP contribution in [0.5, 0.6) is 0 Å². The highest BCUT2D eigenvalue weighted by Crippen LogP contribution is 2.28. The van der Waals surface area contributed by atoms with Crippen molar-refractivity contribution in [3.63, 3.8) is 0 Å². The van der Waals surface area contributed by atoms with Crippen LogP contribution in [0.1, 0.15) is 5.56 Å². The lowest BCUT2D eigenvalue weighted by Crippen LogP contribution is -2.00. The van der Waals surface area contributed by atoms with Crippen LogP contribution < -0.4 is 5.73 Å². The maximum Gasteiger partial charge on any atom is 0.132 e. The first kappa shape index (κ1) is 12.7. The summed E-state index contributed by atoms with van der Waals surface area (Å²) in [7, 11) is 0. The highest BCUT2D eigenvalue weighted by atomic mass is 35.5. The Bertz CT molecular complexity index is 764. The van der Waals surface area contributed by atoms with E-state index in [9.17, 15) is 0 Å². The number of hydrogen-bond acceptors (Lipinski definition) is 3. The second-order valence-electron chi connectivity index (χ2n) is 4.52. The molecule has 0 amide bonds. The molecule has 0 bridgehead atoms. The highest BCUT2D eigenvalue weighted by Gasteiger charge is 2.12. The van der Waals surface area contributed by atoms with Gasteiger partial charge >= 0.3 is 0 Å². The molecule has 0 aliphatic rings. The molecule has 20 heavy (non-hydrogen) atoms. The second kappa shape index (κ2) is 4.98. The average molecular weight is 285 g/mol. The Labute approximate surface area is 121 Å². The molecular formula is C15H13ClN4. The number of nitrogen functional groups attached to an aromatic ring is 1. The molecule has 0 atom stereocenters. The summed E-state index contributed by atoms with van der Waals surface area (Å²) in [5.74, 6) is 0.480. The minimum Gasteiger partial charge on any atom is -0.383 e. The van der Waals surface area contributed by atoms with Gasteiger partial charge in [-0.3, -0.25) is 4.57 Å². The van der Waals surface area contributed by atoms with E-state index in [2.05, 4.69) is 9.97 Å². The molecule has 0 saturated carbocycles. The van der Waals surface area contributed by atoms with Crippen molar-refractivity contribution >= 4 is 17.4 Å². The lowest BCUT2D eigenvalue weighted by atomic mass is 10.1. The van der Waals surface area contributed by atoms with Crippen LogP contribution in [0.25, 0.3) is 16.9 Å². The monoisotopic (exact) mass is 284 g/mol. The third-order valence-corrected chi connectivity index (χ3v) is 3.42. The van der Waals surface area contributed by atoms with Gasteiger partial charge in [0.1, 0.15) is 5.82 Å². The first-order valence-electron chi connectivity index (χ1n) is 6.16. The number of aryl methyl sites for hydroxylation is 1. The molecule has 0 aliphatic carbocycles. The Morgan fingerprint density at radius 2 is 2.10 bits per heavy atom. The highest BCUT2D eigenvalue weighted by molar-refractivity contribution is 6.30. The normalized spacial score (nSPS) is 10.7. The number of pyridine rings is 1. The standard InChI is InChI=1S/C15H13ClN4/c1-10-4-5-11(16)7-13(10)20-9-18-8-14(20)12-3-2-6-19-15(12)17/h2-9H,1H3,(H2,17,19). The van der Waals surface area contributed by atoms with E-state index >= 15 is 0 Å². The molecule has 0 unspecified atom stereocenters. The van der Waals surface area contributed by atoms with Crippen molar-refractivity contribution in [2.24, 2.45) is 0 Å². The van der Waals surface area contributed by atoms with Crippen LogP contribution in [0, 0.1) is 6.92 Å². The number of halogens is 1. The van der Waals surface area contributed by atoms with Crippen molar-refractivity contribution in [1.29, 1.82) is 0 Å². The van der Waals surface area contributed by atoms with E-state index in [0.717, 1.165) is 22.5 Å². The quantitative estimate of drug-likeness (QED) is 0.784. The molecule has 3 rings (SSSR count). The Balaban J connectivity index is 2.21. The van der Waals surface area contributed by atoms with Gasteiger partial charge in [-0.2, -0.15) is 0 Å². The Morgan fingerprint density at radius 1 is 1.25 bits per heavy atom. The lowest BCUT2D eigenvalue weighted by Gasteiger charge is -2.12. The van der Waals surface area contributed by atoms with Gasteiger partial charge in [0, 0.05) is 16.8 Å². The third kappa shape index (κ3) is 2.14. The van der Waals surface area contributed by atoms with Gasteiger partial charge in [-0.1, -0.05) is 17.7 Å². The fourth-order valence-electron chi connectivity index (χ4n) is 2.16. The Kier molecular flexibility index (Phi) is 3.16. The van der Waals surface area contributed by atoms with E-state index in [0.29, 0.717) is 10.8 Å². The molecule has 5 heteroatoms. The summed E-state index contributed by atoms with van der Waals surface area (Å²) in [6.07, 6.45) is 5.19. The van der Waals surface area contributed by atoms with E-state index in [1.54, 1.807) is 18.7 Å². The maximum absolute atomic E-state index is 6.09. The molecule has 0 aliphatic heterocycles. The summed E-state index contributed by atoms with van der Waals surface area (Å²) >= 11 is 6.09. The van der Waals surface area contributed by atoms with Crippen LogP contribution in [-0.2, 0) is 0 Å². The van der Waals surface area contributed by atoms with Crippen LogP contribution in [0.15, 0.2) is 49.1 Å². The van der Waals surface area contributed by atoms with Gasteiger partial charge in [0.25, 0.3) is 0 Å². The van der Waals surface area contributed by atoms with Crippen LogP contribution >= 0.6 is 11.6 Å². The lowest BCUT2D eigenvalue weighted by molar-refractivity contribution is 1.04. The van der Waals surface area contributed by atoms with Crippen molar-refractivity contribution in [1.82, 2.24) is 14.5 Å². The molecule has 0 spiro atoms. The summed E-state index contributed by atoms with van der Waals surface area (Å²) in [6, 6.07) is 9.54. The number of aromatic nitrogens is 3. The van der Waals surface area contributed by atoms with Crippen LogP contribution in [0.4, 0.5) is 5.82 Å². The van der Waals surface area contributed by atoms with E-state index in [1.807, 2.05) is 41.8 Å². The fourth-order valence-corrected chi connectivity index (χ4v) is 2.33. The van der Waals surface area contributed by atoms with Crippen LogP contribution in [0.2, 0.25) is 5.02 Å². The van der Waals surface area contributed by atoms with Gasteiger partial charge in [-0.15, -0.1) is 0 Å². The zero-order chi connectivity index (χ0) is 14.1. The number of imidazole rings is 1. The smallest absolute Gasteiger partial charge is 0.132 e. The average Bonchev–Trinajstić information content (AvgIpc) is 2.91. The van der Waals surface area contributed by atoms with Gasteiger partial charge in [0.2, 0.25) is 0 Å². The van der Waals surface area contributed by atoms with Crippen molar-refractivity contribution in [2.45, 2.75) is 6.92 Å². The SMILES string of the molecule is Cc1ccc(Cl)cc1-n1cncc1-c1cccnc1N. The zero-order valence-electron chi connectivity index (χ0n) is 10.9. The molecule has 0 fully saturated rings. The van der Waals surface area contributed by atoms with E-state index in [1.165, 1.54) is 0 Å². The van der Waals surface area contributed by atoms with Gasteiger partial charge < -0.3 is 5.73 Å². The number of benzene rings is 1. The number of hydrogen-bond donors (Lipinski definition) is 1. The molecule has 1 aromatic carbocycles. The number of nitrogens with zero attached hydrogens (tertiary/aromatic N) is 3. The summed E-state index contributed by atoms with van der Waals surface area (Å²) in [6.45, 7) is 2.03. The summed E-state index contributed by atoms with van der Waals surface area (Å²) < 4.78 is 1.97. The first-order valence-corrected chi connectivity index (χ1v) is 6.54. The zero-order valence-corrected chi connectivity index (χ0v) is 11.7. The maximum atomic E-state index is 6.09. The first-order chi connectivity index (χ1) is 9.66. The third-order valence-electron chi connectivity index (χ3n) is 3.18. The Morgan fingerprint density at radius 3 is 2.90 bits per heavy atom. The van der Waals surface area contributed by atoms with Crippen molar-refractivity contribution in [2.75, 3.05) is 5.73 Å². The van der Waals surface area contributed by atoms with E-state index in [-0.39, 0.29) is 0 Å². The Hall–Kier alpha value is -2.33. The topological polar surface area (TPSA) is 56.7 Å². The second-order valence-corrected chi connectivity index (χ2v) is 4.95. The predicted molar refractivity (Wildman–Crippen MR) is 81.0 cm³/mol. The molecule has 0 radical (unpaired) electrons. The summed E-state index contributed by atoms with van der Waals surface area (Å²) in [5.41, 5.74) is 9.78. The molecule has 100 valence electrons. The van der Waals surface area contributed by atoms with Gasteiger partial charge in [0.15, 0.2) is 0 Å². The largest absolute Gasteiger partial charge is 0.383 e. The van der Waals surface area contributed by atoms with E-state index in [4.69, 9.17) is 17.3 Å². The van der Waals surface area contributed by atoms with Crippen molar-refractivity contribution < 1.29 is 0 Å². The summed E-state index contributed by atoms with van der Waals surface area (Å²) in [5, 5.41) is 0.685. The summed E-state index contributed by atoms with van der Waals surface area (Å²) in [4.78, 5) is 8.34. The fraction of sp³-hybridized carbons (Fsp3) is 0.0667. The van der Waals surface area contributed by atoms with Gasteiger partial charge in [-0.25, -0.2) is 9.97 Å². The minimum atomic E-state index is 0.480. The number of anilines is 1. The molecule has 2 heterocycles. The van der Waals surface area contributed by atoms with Crippen molar-refractivity contribution in [3.05, 3.63) is 59.6 Å². The molecule has 3 aromatic rings. The molecule has 2 aromatic heterocycles. The molecule has 0 saturated heterocycles.